The SMILES string of the molecule is Cc1cc(N)c(Cl)cc1Oc1ccccc1C#N. The highest BCUT2D eigenvalue weighted by Crippen LogP contribution is 2.32. The van der Waals surface area contributed by atoms with Crippen LogP contribution in [0.3, 0.4) is 0 Å². The number of nitrogens with two attached hydrogens (primary N) is 1. The normalized spacial score (nSPS) is 9.83. The van der Waals surface area contributed by atoms with Crippen LogP contribution in [0.25, 0.3) is 0 Å². The van der Waals surface area contributed by atoms with Gasteiger partial charge in [-0.2, -0.15) is 5.26 Å². The second kappa shape index (κ2) is 4.99. The summed E-state index contributed by atoms with van der Waals surface area (Å²) in [7, 11) is 0. The highest BCUT2D eigenvalue weighted by atomic mass is 35.5. The average molecular weight is 259 g/mol. The van der Waals surface area contributed by atoms with Gasteiger partial charge in [0.25, 0.3) is 0 Å². The molecule has 2 rings (SSSR count). The summed E-state index contributed by atoms with van der Waals surface area (Å²) in [6, 6.07) is 12.5. The fourth-order valence-corrected chi connectivity index (χ4v) is 1.72. The molecule has 18 heavy (non-hydrogen) atoms. The third-order valence-electron chi connectivity index (χ3n) is 2.52. The Morgan fingerprint density at radius 1 is 1.22 bits per heavy atom. The molecule has 0 fully saturated rings. The average Bonchev–Trinajstić information content (AvgIpc) is 2.36. The summed E-state index contributed by atoms with van der Waals surface area (Å²) in [6.45, 7) is 1.87. The molecule has 2 aromatic carbocycles. The van der Waals surface area contributed by atoms with E-state index in [9.17, 15) is 0 Å². The minimum atomic E-state index is 0.435. The quantitative estimate of drug-likeness (QED) is 0.831. The molecule has 0 saturated carbocycles. The minimum absolute atomic E-state index is 0.435. The van der Waals surface area contributed by atoms with Crippen LogP contribution in [0, 0.1) is 18.3 Å². The van der Waals surface area contributed by atoms with E-state index in [0.29, 0.717) is 27.8 Å². The fourth-order valence-electron chi connectivity index (χ4n) is 1.56. The Hall–Kier alpha value is -2.18. The number of para-hydroxylation sites is 1. The first-order valence-electron chi connectivity index (χ1n) is 5.34. The van der Waals surface area contributed by atoms with E-state index in [0.717, 1.165) is 5.56 Å². The monoisotopic (exact) mass is 258 g/mol. The van der Waals surface area contributed by atoms with E-state index in [1.165, 1.54) is 0 Å². The van der Waals surface area contributed by atoms with Crippen LogP contribution in [0.4, 0.5) is 5.69 Å². The number of aryl methyl sites for hydroxylation is 1. The number of rotatable bonds is 2. The van der Waals surface area contributed by atoms with Gasteiger partial charge in [-0.3, -0.25) is 0 Å². The van der Waals surface area contributed by atoms with Gasteiger partial charge in [-0.15, -0.1) is 0 Å². The molecule has 0 aliphatic carbocycles. The van der Waals surface area contributed by atoms with Gasteiger partial charge in [-0.1, -0.05) is 23.7 Å². The summed E-state index contributed by atoms with van der Waals surface area (Å²) in [5, 5.41) is 9.42. The maximum Gasteiger partial charge on any atom is 0.145 e. The Labute approximate surface area is 110 Å². The smallest absolute Gasteiger partial charge is 0.145 e. The summed E-state index contributed by atoms with van der Waals surface area (Å²) >= 11 is 5.96. The van der Waals surface area contributed by atoms with Crippen LogP contribution in [-0.2, 0) is 0 Å². The number of benzene rings is 2. The van der Waals surface area contributed by atoms with Crippen LogP contribution in [0.1, 0.15) is 11.1 Å². The van der Waals surface area contributed by atoms with Crippen molar-refractivity contribution >= 4 is 17.3 Å². The number of nitrogens with zero attached hydrogens (tertiary/aromatic N) is 1. The second-order valence-electron chi connectivity index (χ2n) is 3.85. The van der Waals surface area contributed by atoms with Crippen LogP contribution in [0.5, 0.6) is 11.5 Å². The maximum absolute atomic E-state index is 8.99. The number of hydrogen-bond acceptors (Lipinski definition) is 3. The Bertz CT molecular complexity index is 632. The molecule has 0 amide bonds. The lowest BCUT2D eigenvalue weighted by molar-refractivity contribution is 0.477. The second-order valence-corrected chi connectivity index (χ2v) is 4.26. The van der Waals surface area contributed by atoms with Crippen molar-refractivity contribution in [2.75, 3.05) is 5.73 Å². The Morgan fingerprint density at radius 2 is 1.94 bits per heavy atom. The fraction of sp³-hybridized carbons (Fsp3) is 0.0714. The van der Waals surface area contributed by atoms with Crippen molar-refractivity contribution in [3.05, 3.63) is 52.5 Å². The minimum Gasteiger partial charge on any atom is -0.456 e. The van der Waals surface area contributed by atoms with Crippen molar-refractivity contribution in [3.63, 3.8) is 0 Å². The molecular weight excluding hydrogens is 248 g/mol. The zero-order valence-electron chi connectivity index (χ0n) is 9.77. The van der Waals surface area contributed by atoms with E-state index in [1.54, 1.807) is 30.3 Å². The number of ether oxygens (including phenoxy) is 1. The number of nitrogen functional groups attached to an aromatic ring is 1. The van der Waals surface area contributed by atoms with Gasteiger partial charge in [0.15, 0.2) is 0 Å². The van der Waals surface area contributed by atoms with Crippen molar-refractivity contribution < 1.29 is 4.74 Å². The van der Waals surface area contributed by atoms with Gasteiger partial charge in [0, 0.05) is 6.07 Å². The molecule has 2 aromatic rings. The van der Waals surface area contributed by atoms with Gasteiger partial charge in [0.1, 0.15) is 17.6 Å². The highest BCUT2D eigenvalue weighted by molar-refractivity contribution is 6.33. The van der Waals surface area contributed by atoms with Crippen molar-refractivity contribution in [1.29, 1.82) is 5.26 Å². The molecule has 0 spiro atoms. The first kappa shape index (κ1) is 12.3. The lowest BCUT2D eigenvalue weighted by atomic mass is 10.2. The van der Waals surface area contributed by atoms with E-state index < -0.39 is 0 Å². The molecule has 0 aliphatic heterocycles. The van der Waals surface area contributed by atoms with Gasteiger partial charge < -0.3 is 10.5 Å². The molecule has 3 nitrogen and oxygen atoms in total. The van der Waals surface area contributed by atoms with Crippen molar-refractivity contribution in [2.45, 2.75) is 6.92 Å². The summed E-state index contributed by atoms with van der Waals surface area (Å²) in [6.07, 6.45) is 0. The molecule has 0 aliphatic rings. The van der Waals surface area contributed by atoms with Gasteiger partial charge in [0.05, 0.1) is 16.3 Å². The maximum atomic E-state index is 8.99. The van der Waals surface area contributed by atoms with Gasteiger partial charge >= 0.3 is 0 Å². The molecule has 0 unspecified atom stereocenters. The van der Waals surface area contributed by atoms with Crippen molar-refractivity contribution in [1.82, 2.24) is 0 Å². The van der Waals surface area contributed by atoms with Gasteiger partial charge in [0.2, 0.25) is 0 Å². The summed E-state index contributed by atoms with van der Waals surface area (Å²) in [5.74, 6) is 1.10. The topological polar surface area (TPSA) is 59.0 Å². The number of hydrogen-bond donors (Lipinski definition) is 1. The predicted molar refractivity (Wildman–Crippen MR) is 71.8 cm³/mol. The first-order chi connectivity index (χ1) is 8.61. The standard InChI is InChI=1S/C14H11ClN2O/c1-9-6-12(17)11(15)7-14(9)18-13-5-3-2-4-10(13)8-16/h2-7H,17H2,1H3. The highest BCUT2D eigenvalue weighted by Gasteiger charge is 2.08. The predicted octanol–water partition coefficient (Wildman–Crippen LogP) is 3.89. The molecule has 0 heterocycles. The van der Waals surface area contributed by atoms with Crippen molar-refractivity contribution in [2.24, 2.45) is 0 Å². The lowest BCUT2D eigenvalue weighted by Gasteiger charge is -2.11. The van der Waals surface area contributed by atoms with Crippen LogP contribution in [-0.4, -0.2) is 0 Å². The molecular formula is C14H11ClN2O. The van der Waals surface area contributed by atoms with Crippen molar-refractivity contribution in [3.8, 4) is 17.6 Å². The van der Waals surface area contributed by atoms with Crippen LogP contribution >= 0.6 is 11.6 Å². The van der Waals surface area contributed by atoms with E-state index in [1.807, 2.05) is 13.0 Å². The molecule has 4 heteroatoms. The largest absolute Gasteiger partial charge is 0.456 e. The zero-order chi connectivity index (χ0) is 13.1. The zero-order valence-corrected chi connectivity index (χ0v) is 10.5. The number of anilines is 1. The summed E-state index contributed by atoms with van der Waals surface area (Å²) in [4.78, 5) is 0. The van der Waals surface area contributed by atoms with E-state index >= 15 is 0 Å². The Balaban J connectivity index is 2.41. The van der Waals surface area contributed by atoms with E-state index in [2.05, 4.69) is 6.07 Å². The number of halogens is 1. The molecule has 0 saturated heterocycles. The lowest BCUT2D eigenvalue weighted by Crippen LogP contribution is -1.93. The Kier molecular flexibility index (Phi) is 3.40. The van der Waals surface area contributed by atoms with Gasteiger partial charge in [-0.25, -0.2) is 0 Å². The van der Waals surface area contributed by atoms with E-state index in [4.69, 9.17) is 27.3 Å². The summed E-state index contributed by atoms with van der Waals surface area (Å²) in [5.41, 5.74) is 7.55. The third-order valence-corrected chi connectivity index (χ3v) is 2.85. The molecule has 0 bridgehead atoms. The number of nitriles is 1. The Morgan fingerprint density at radius 3 is 2.67 bits per heavy atom. The van der Waals surface area contributed by atoms with E-state index in [-0.39, 0.29) is 0 Å². The van der Waals surface area contributed by atoms with Crippen LogP contribution < -0.4 is 10.5 Å². The molecule has 0 atom stereocenters. The molecule has 90 valence electrons. The van der Waals surface area contributed by atoms with Crippen LogP contribution in [0.15, 0.2) is 36.4 Å². The first-order valence-corrected chi connectivity index (χ1v) is 5.72. The van der Waals surface area contributed by atoms with Crippen LogP contribution in [0.2, 0.25) is 5.02 Å². The third kappa shape index (κ3) is 2.39. The molecule has 0 aromatic heterocycles. The molecule has 0 radical (unpaired) electrons. The van der Waals surface area contributed by atoms with Gasteiger partial charge in [-0.05, 0) is 30.7 Å². The summed E-state index contributed by atoms with van der Waals surface area (Å²) < 4.78 is 5.70. The molecule has 2 N–H and O–H groups in total.